The number of carbonyl (C=O) groups is 1. The molecule has 0 saturated heterocycles. The maximum Gasteiger partial charge on any atom is 0.227 e. The summed E-state index contributed by atoms with van der Waals surface area (Å²) in [6.45, 7) is 2.70. The summed E-state index contributed by atoms with van der Waals surface area (Å²) in [4.78, 5) is 11.8. The number of hydrogen-bond acceptors (Lipinski definition) is 1. The molecule has 1 amide bonds. The van der Waals surface area contributed by atoms with Gasteiger partial charge < -0.3 is 5.32 Å². The van der Waals surface area contributed by atoms with Crippen LogP contribution in [0.2, 0.25) is 0 Å². The van der Waals surface area contributed by atoms with Gasteiger partial charge in [0.1, 0.15) is 0 Å². The average Bonchev–Trinajstić information content (AvgIpc) is 2.38. The highest BCUT2D eigenvalue weighted by Crippen LogP contribution is 2.10. The van der Waals surface area contributed by atoms with Crippen LogP contribution in [0.15, 0.2) is 36.5 Å². The van der Waals surface area contributed by atoms with Crippen LogP contribution in [0.3, 0.4) is 0 Å². The SMILES string of the molecule is [2H]C1(C(=O)NCC=CCCCCC)C=CC=CC1. The van der Waals surface area contributed by atoms with Crippen molar-refractivity contribution in [2.45, 2.75) is 39.0 Å². The Labute approximate surface area is 106 Å². The standard InChI is InChI=1S/C15H23NO/c1-2-3-4-5-6-10-13-16-15(17)14-11-8-7-9-12-14/h6-11,14H,2-5,12-13H2,1H3,(H,16,17)/i14D. The van der Waals surface area contributed by atoms with Crippen LogP contribution in [0, 0.1) is 5.89 Å². The summed E-state index contributed by atoms with van der Waals surface area (Å²) in [5.41, 5.74) is 0. The van der Waals surface area contributed by atoms with E-state index in [1.807, 2.05) is 18.2 Å². The summed E-state index contributed by atoms with van der Waals surface area (Å²) in [6.07, 6.45) is 16.4. The van der Waals surface area contributed by atoms with Gasteiger partial charge in [-0.05, 0) is 19.3 Å². The molecule has 0 saturated carbocycles. The number of nitrogens with one attached hydrogen (secondary N) is 1. The fourth-order valence-corrected chi connectivity index (χ4v) is 1.66. The predicted molar refractivity (Wildman–Crippen MR) is 72.7 cm³/mol. The molecule has 0 aromatic rings. The smallest absolute Gasteiger partial charge is 0.227 e. The van der Waals surface area contributed by atoms with Crippen molar-refractivity contribution in [3.8, 4) is 0 Å². The van der Waals surface area contributed by atoms with Crippen molar-refractivity contribution in [3.63, 3.8) is 0 Å². The van der Waals surface area contributed by atoms with Gasteiger partial charge in [-0.15, -0.1) is 0 Å². The molecule has 0 heterocycles. The van der Waals surface area contributed by atoms with Crippen molar-refractivity contribution in [3.05, 3.63) is 36.5 Å². The van der Waals surface area contributed by atoms with Crippen LogP contribution in [-0.2, 0) is 4.79 Å². The molecule has 0 bridgehead atoms. The molecule has 0 aromatic heterocycles. The van der Waals surface area contributed by atoms with Gasteiger partial charge >= 0.3 is 0 Å². The predicted octanol–water partition coefficient (Wildman–Crippen LogP) is 3.37. The summed E-state index contributed by atoms with van der Waals surface area (Å²) in [5.74, 6) is -1.34. The second kappa shape index (κ2) is 8.80. The number of amides is 1. The van der Waals surface area contributed by atoms with E-state index in [4.69, 9.17) is 1.37 Å². The molecule has 94 valence electrons. The maximum absolute atomic E-state index is 11.8. The molecule has 1 atom stereocenters. The zero-order valence-corrected chi connectivity index (χ0v) is 10.6. The Bertz CT molecular complexity index is 346. The molecule has 1 unspecified atom stereocenters. The highest BCUT2D eigenvalue weighted by atomic mass is 16.1. The van der Waals surface area contributed by atoms with Crippen LogP contribution in [-0.4, -0.2) is 12.5 Å². The second-order valence-electron chi connectivity index (χ2n) is 4.19. The lowest BCUT2D eigenvalue weighted by Crippen LogP contribution is -2.29. The van der Waals surface area contributed by atoms with Crippen molar-refractivity contribution in [1.82, 2.24) is 5.32 Å². The summed E-state index contributed by atoms with van der Waals surface area (Å²) in [7, 11) is 0. The van der Waals surface area contributed by atoms with Crippen LogP contribution in [0.5, 0.6) is 0 Å². The van der Waals surface area contributed by atoms with Gasteiger partial charge in [0.25, 0.3) is 0 Å². The molecular weight excluding hydrogens is 210 g/mol. The van der Waals surface area contributed by atoms with Gasteiger partial charge in [-0.2, -0.15) is 0 Å². The van der Waals surface area contributed by atoms with Crippen LogP contribution < -0.4 is 5.32 Å². The summed E-state index contributed by atoms with van der Waals surface area (Å²) in [6, 6.07) is 0. The topological polar surface area (TPSA) is 29.1 Å². The van der Waals surface area contributed by atoms with Gasteiger partial charge in [-0.3, -0.25) is 4.79 Å². The molecule has 0 spiro atoms. The minimum Gasteiger partial charge on any atom is -0.352 e. The van der Waals surface area contributed by atoms with Crippen molar-refractivity contribution >= 4 is 5.91 Å². The normalized spacial score (nSPS) is 23.9. The van der Waals surface area contributed by atoms with Gasteiger partial charge in [0.05, 0.1) is 5.89 Å². The van der Waals surface area contributed by atoms with Crippen LogP contribution >= 0.6 is 0 Å². The van der Waals surface area contributed by atoms with Crippen molar-refractivity contribution < 1.29 is 6.17 Å². The molecule has 0 aromatic carbocycles. The van der Waals surface area contributed by atoms with Crippen molar-refractivity contribution in [2.24, 2.45) is 5.89 Å². The number of unbranched alkanes of at least 4 members (excludes halogenated alkanes) is 3. The van der Waals surface area contributed by atoms with E-state index in [1.54, 1.807) is 12.2 Å². The van der Waals surface area contributed by atoms with E-state index >= 15 is 0 Å². The Morgan fingerprint density at radius 3 is 3.06 bits per heavy atom. The van der Waals surface area contributed by atoms with E-state index in [2.05, 4.69) is 18.3 Å². The van der Waals surface area contributed by atoms with Crippen molar-refractivity contribution in [2.75, 3.05) is 6.54 Å². The van der Waals surface area contributed by atoms with E-state index < -0.39 is 5.89 Å². The van der Waals surface area contributed by atoms with Crippen molar-refractivity contribution in [1.29, 1.82) is 0 Å². The molecule has 1 aliphatic carbocycles. The van der Waals surface area contributed by atoms with Crippen LogP contribution in [0.4, 0.5) is 0 Å². The minimum absolute atomic E-state index is 0.221. The molecule has 0 aliphatic heterocycles. The third kappa shape index (κ3) is 6.10. The quantitative estimate of drug-likeness (QED) is 0.531. The summed E-state index contributed by atoms with van der Waals surface area (Å²) in [5, 5.41) is 2.79. The van der Waals surface area contributed by atoms with Gasteiger partial charge in [0, 0.05) is 7.92 Å². The first-order chi connectivity index (χ1) is 8.69. The maximum atomic E-state index is 11.8. The fourth-order valence-electron chi connectivity index (χ4n) is 1.66. The Morgan fingerprint density at radius 2 is 2.35 bits per heavy atom. The molecule has 17 heavy (non-hydrogen) atoms. The summed E-state index contributed by atoms with van der Waals surface area (Å²) < 4.78 is 8.02. The lowest BCUT2D eigenvalue weighted by molar-refractivity contribution is -0.123. The lowest BCUT2D eigenvalue weighted by Gasteiger charge is -2.11. The molecule has 1 aliphatic rings. The molecule has 0 fully saturated rings. The molecule has 0 radical (unpaired) electrons. The highest BCUT2D eigenvalue weighted by Gasteiger charge is 2.13. The fraction of sp³-hybridized carbons (Fsp3) is 0.533. The van der Waals surface area contributed by atoms with E-state index in [0.717, 1.165) is 6.42 Å². The van der Waals surface area contributed by atoms with Gasteiger partial charge in [0.2, 0.25) is 5.91 Å². The Morgan fingerprint density at radius 1 is 1.47 bits per heavy atom. The number of rotatable bonds is 7. The number of allylic oxidation sites excluding steroid dienone is 4. The first-order valence-corrected chi connectivity index (χ1v) is 6.47. The Hall–Kier alpha value is -1.31. The zero-order chi connectivity index (χ0) is 13.3. The van der Waals surface area contributed by atoms with E-state index in [0.29, 0.717) is 13.0 Å². The molecule has 1 rings (SSSR count). The van der Waals surface area contributed by atoms with Crippen LogP contribution in [0.1, 0.15) is 40.4 Å². The average molecular weight is 234 g/mol. The van der Waals surface area contributed by atoms with E-state index in [1.165, 1.54) is 19.3 Å². The molecule has 2 nitrogen and oxygen atoms in total. The van der Waals surface area contributed by atoms with E-state index in [-0.39, 0.29) is 5.91 Å². The summed E-state index contributed by atoms with van der Waals surface area (Å²) >= 11 is 0. The molecule has 1 N–H and O–H groups in total. The van der Waals surface area contributed by atoms with Gasteiger partial charge in [-0.1, -0.05) is 56.2 Å². The van der Waals surface area contributed by atoms with E-state index in [9.17, 15) is 4.79 Å². The first kappa shape index (κ1) is 12.2. The zero-order valence-electron chi connectivity index (χ0n) is 11.6. The Kier molecular flexibility index (Phi) is 6.29. The minimum atomic E-state index is -1.12. The van der Waals surface area contributed by atoms with Crippen LogP contribution in [0.25, 0.3) is 0 Å². The number of hydrogen-bond donors (Lipinski definition) is 1. The first-order valence-electron chi connectivity index (χ1n) is 6.97. The lowest BCUT2D eigenvalue weighted by atomic mass is 10.0. The monoisotopic (exact) mass is 234 g/mol. The molecular formula is C15H23NO. The largest absolute Gasteiger partial charge is 0.352 e. The second-order valence-corrected chi connectivity index (χ2v) is 4.19. The highest BCUT2D eigenvalue weighted by molar-refractivity contribution is 5.81. The Balaban J connectivity index is 2.21. The van der Waals surface area contributed by atoms with Gasteiger partial charge in [-0.25, -0.2) is 0 Å². The third-order valence-electron chi connectivity index (χ3n) is 2.70. The molecule has 2 heteroatoms. The van der Waals surface area contributed by atoms with Gasteiger partial charge in [0.15, 0.2) is 0 Å². The number of carbonyl (C=O) groups excluding carboxylic acids is 1. The third-order valence-corrected chi connectivity index (χ3v) is 2.70.